The zero-order valence-corrected chi connectivity index (χ0v) is 9.10. The lowest BCUT2D eigenvalue weighted by atomic mass is 10.2. The summed E-state index contributed by atoms with van der Waals surface area (Å²) < 4.78 is 5.17. The van der Waals surface area contributed by atoms with Crippen LogP contribution in [-0.2, 0) is 11.2 Å². The largest absolute Gasteiger partial charge is 0.375 e. The average Bonchev–Trinajstić information content (AvgIpc) is 2.50. The van der Waals surface area contributed by atoms with Gasteiger partial charge in [0.05, 0.1) is 5.69 Å². The number of hydrogen-bond donors (Lipinski definition) is 1. The lowest BCUT2D eigenvalue weighted by Crippen LogP contribution is -2.17. The Morgan fingerprint density at radius 3 is 2.85 bits per heavy atom. The highest BCUT2D eigenvalue weighted by Gasteiger charge is 2.09. The first-order chi connectivity index (χ1) is 6.13. The molecule has 1 rings (SSSR count). The van der Waals surface area contributed by atoms with E-state index in [9.17, 15) is 0 Å². The third-order valence-corrected chi connectivity index (χ3v) is 2.86. The molecule has 2 atom stereocenters. The van der Waals surface area contributed by atoms with Gasteiger partial charge in [-0.15, -0.1) is 11.3 Å². The standard InChI is InChI=1S/C9H16N2OS/c1-6(10)4-8-5-13-9(11-8)7(2)12-3/h5-7H,4,10H2,1-3H3. The van der Waals surface area contributed by atoms with Gasteiger partial charge < -0.3 is 10.5 Å². The molecule has 74 valence electrons. The number of nitrogens with two attached hydrogens (primary N) is 1. The molecule has 1 aromatic heterocycles. The molecular formula is C9H16N2OS. The number of thiazole rings is 1. The first kappa shape index (κ1) is 10.6. The number of nitrogens with zero attached hydrogens (tertiary/aromatic N) is 1. The summed E-state index contributed by atoms with van der Waals surface area (Å²) in [7, 11) is 1.69. The number of ether oxygens (including phenoxy) is 1. The van der Waals surface area contributed by atoms with Crippen molar-refractivity contribution in [2.75, 3.05) is 7.11 Å². The maximum Gasteiger partial charge on any atom is 0.121 e. The third kappa shape index (κ3) is 3.06. The fourth-order valence-corrected chi connectivity index (χ4v) is 1.90. The van der Waals surface area contributed by atoms with Gasteiger partial charge in [-0.1, -0.05) is 0 Å². The van der Waals surface area contributed by atoms with Crippen molar-refractivity contribution in [3.05, 3.63) is 16.1 Å². The third-order valence-electron chi connectivity index (χ3n) is 1.80. The molecular weight excluding hydrogens is 184 g/mol. The van der Waals surface area contributed by atoms with Gasteiger partial charge in [0.25, 0.3) is 0 Å². The van der Waals surface area contributed by atoms with Crippen molar-refractivity contribution in [3.8, 4) is 0 Å². The van der Waals surface area contributed by atoms with Crippen molar-refractivity contribution < 1.29 is 4.74 Å². The Hall–Kier alpha value is -0.450. The zero-order chi connectivity index (χ0) is 9.84. The maximum absolute atomic E-state index is 5.68. The highest BCUT2D eigenvalue weighted by molar-refractivity contribution is 7.09. The fourth-order valence-electron chi connectivity index (χ4n) is 1.03. The lowest BCUT2D eigenvalue weighted by Gasteiger charge is -2.04. The minimum Gasteiger partial charge on any atom is -0.375 e. The molecule has 2 unspecified atom stereocenters. The molecule has 0 aromatic carbocycles. The zero-order valence-electron chi connectivity index (χ0n) is 8.28. The van der Waals surface area contributed by atoms with E-state index in [1.165, 1.54) is 0 Å². The number of rotatable bonds is 4. The summed E-state index contributed by atoms with van der Waals surface area (Å²) in [4.78, 5) is 4.43. The van der Waals surface area contributed by atoms with Gasteiger partial charge in [0.15, 0.2) is 0 Å². The van der Waals surface area contributed by atoms with Crippen molar-refractivity contribution in [1.29, 1.82) is 0 Å². The second-order valence-corrected chi connectivity index (χ2v) is 4.13. The number of hydrogen-bond acceptors (Lipinski definition) is 4. The van der Waals surface area contributed by atoms with Crippen LogP contribution in [0, 0.1) is 0 Å². The molecule has 4 heteroatoms. The molecule has 0 bridgehead atoms. The van der Waals surface area contributed by atoms with Gasteiger partial charge in [-0.05, 0) is 13.8 Å². The van der Waals surface area contributed by atoms with Gasteiger partial charge >= 0.3 is 0 Å². The Bertz CT molecular complexity index is 260. The molecule has 0 saturated carbocycles. The first-order valence-electron chi connectivity index (χ1n) is 4.36. The molecule has 0 amide bonds. The van der Waals surface area contributed by atoms with Gasteiger partial charge in [0.2, 0.25) is 0 Å². The van der Waals surface area contributed by atoms with Crippen molar-refractivity contribution in [3.63, 3.8) is 0 Å². The van der Waals surface area contributed by atoms with E-state index in [0.717, 1.165) is 17.1 Å². The maximum atomic E-state index is 5.68. The van der Waals surface area contributed by atoms with Crippen molar-refractivity contribution in [1.82, 2.24) is 4.98 Å². The summed E-state index contributed by atoms with van der Waals surface area (Å²) >= 11 is 1.63. The molecule has 0 aliphatic heterocycles. The van der Waals surface area contributed by atoms with Crippen LogP contribution in [0.5, 0.6) is 0 Å². The van der Waals surface area contributed by atoms with Crippen molar-refractivity contribution in [2.45, 2.75) is 32.4 Å². The summed E-state index contributed by atoms with van der Waals surface area (Å²) in [5.74, 6) is 0. The molecule has 2 N–H and O–H groups in total. The second kappa shape index (κ2) is 4.69. The van der Waals surface area contributed by atoms with Crippen molar-refractivity contribution >= 4 is 11.3 Å². The van der Waals surface area contributed by atoms with Crippen LogP contribution in [0.3, 0.4) is 0 Å². The van der Waals surface area contributed by atoms with Crippen LogP contribution in [0.2, 0.25) is 0 Å². The summed E-state index contributed by atoms with van der Waals surface area (Å²) in [6.07, 6.45) is 0.930. The highest BCUT2D eigenvalue weighted by Crippen LogP contribution is 2.20. The van der Waals surface area contributed by atoms with E-state index < -0.39 is 0 Å². The second-order valence-electron chi connectivity index (χ2n) is 3.24. The van der Waals surface area contributed by atoms with Crippen LogP contribution >= 0.6 is 11.3 Å². The Morgan fingerprint density at radius 1 is 1.62 bits per heavy atom. The first-order valence-corrected chi connectivity index (χ1v) is 5.24. The van der Waals surface area contributed by atoms with E-state index >= 15 is 0 Å². The molecule has 0 fully saturated rings. The van der Waals surface area contributed by atoms with Gasteiger partial charge in [-0.3, -0.25) is 0 Å². The normalized spacial score (nSPS) is 15.7. The van der Waals surface area contributed by atoms with Crippen LogP contribution < -0.4 is 5.73 Å². The molecule has 3 nitrogen and oxygen atoms in total. The van der Waals surface area contributed by atoms with Gasteiger partial charge in [-0.25, -0.2) is 4.98 Å². The fraction of sp³-hybridized carbons (Fsp3) is 0.667. The summed E-state index contributed by atoms with van der Waals surface area (Å²) in [5.41, 5.74) is 6.74. The minimum atomic E-state index is 0.0897. The number of aromatic nitrogens is 1. The van der Waals surface area contributed by atoms with Gasteiger partial charge in [0, 0.05) is 25.0 Å². The molecule has 0 spiro atoms. The Labute approximate surface area is 82.9 Å². The monoisotopic (exact) mass is 200 g/mol. The predicted octanol–water partition coefficient (Wildman–Crippen LogP) is 1.74. The van der Waals surface area contributed by atoms with E-state index in [-0.39, 0.29) is 12.1 Å². The van der Waals surface area contributed by atoms with E-state index in [0.29, 0.717) is 0 Å². The Morgan fingerprint density at radius 2 is 2.31 bits per heavy atom. The van der Waals surface area contributed by atoms with Crippen LogP contribution in [0.1, 0.15) is 30.7 Å². The van der Waals surface area contributed by atoms with Crippen LogP contribution in [-0.4, -0.2) is 18.1 Å². The Balaban J connectivity index is 2.63. The quantitative estimate of drug-likeness (QED) is 0.805. The average molecular weight is 200 g/mol. The molecule has 1 aromatic rings. The molecule has 0 aliphatic carbocycles. The summed E-state index contributed by atoms with van der Waals surface area (Å²) in [6, 6.07) is 0.174. The van der Waals surface area contributed by atoms with E-state index in [2.05, 4.69) is 4.98 Å². The van der Waals surface area contributed by atoms with Crippen LogP contribution in [0.25, 0.3) is 0 Å². The highest BCUT2D eigenvalue weighted by atomic mass is 32.1. The summed E-state index contributed by atoms with van der Waals surface area (Å²) in [5, 5.41) is 3.08. The molecule has 1 heterocycles. The van der Waals surface area contributed by atoms with Crippen LogP contribution in [0.15, 0.2) is 5.38 Å². The molecule has 0 saturated heterocycles. The molecule has 0 aliphatic rings. The molecule has 0 radical (unpaired) electrons. The van der Waals surface area contributed by atoms with Gasteiger partial charge in [0.1, 0.15) is 11.1 Å². The topological polar surface area (TPSA) is 48.1 Å². The number of methoxy groups -OCH3 is 1. The Kier molecular flexibility index (Phi) is 3.84. The minimum absolute atomic E-state index is 0.0897. The van der Waals surface area contributed by atoms with E-state index in [1.54, 1.807) is 18.4 Å². The smallest absolute Gasteiger partial charge is 0.121 e. The van der Waals surface area contributed by atoms with Gasteiger partial charge in [-0.2, -0.15) is 0 Å². The summed E-state index contributed by atoms with van der Waals surface area (Å²) in [6.45, 7) is 3.98. The van der Waals surface area contributed by atoms with Crippen LogP contribution in [0.4, 0.5) is 0 Å². The SMILES string of the molecule is COC(C)c1nc(CC(C)N)cs1. The lowest BCUT2D eigenvalue weighted by molar-refractivity contribution is 0.119. The predicted molar refractivity (Wildman–Crippen MR) is 54.9 cm³/mol. The van der Waals surface area contributed by atoms with E-state index in [4.69, 9.17) is 10.5 Å². The van der Waals surface area contributed by atoms with E-state index in [1.807, 2.05) is 19.2 Å². The van der Waals surface area contributed by atoms with Crippen molar-refractivity contribution in [2.24, 2.45) is 5.73 Å². The molecule has 13 heavy (non-hydrogen) atoms.